The van der Waals surface area contributed by atoms with Gasteiger partial charge in [0, 0.05) is 16.7 Å². The zero-order valence-electron chi connectivity index (χ0n) is 9.96. The van der Waals surface area contributed by atoms with Crippen LogP contribution in [0.4, 0.5) is 10.5 Å². The molecule has 3 N–H and O–H groups in total. The molecule has 0 bridgehead atoms. The summed E-state index contributed by atoms with van der Waals surface area (Å²) in [5.41, 5.74) is 1.77. The van der Waals surface area contributed by atoms with E-state index in [1.165, 1.54) is 0 Å². The lowest BCUT2D eigenvalue weighted by molar-refractivity contribution is 0.184. The highest BCUT2D eigenvalue weighted by Crippen LogP contribution is 2.20. The van der Waals surface area contributed by atoms with Crippen LogP contribution in [0.3, 0.4) is 0 Å². The first kappa shape index (κ1) is 14.0. The van der Waals surface area contributed by atoms with Crippen molar-refractivity contribution in [2.45, 2.75) is 26.4 Å². The monoisotopic (exact) mass is 300 g/mol. The lowest BCUT2D eigenvalue weighted by Gasteiger charge is -2.10. The first-order valence-corrected chi connectivity index (χ1v) is 6.27. The Morgan fingerprint density at radius 3 is 2.88 bits per heavy atom. The summed E-state index contributed by atoms with van der Waals surface area (Å²) in [6, 6.07) is 5.44. The number of aryl methyl sites for hydroxylation is 1. The third-order valence-corrected chi connectivity index (χ3v) is 2.79. The molecule has 0 saturated heterocycles. The Hall–Kier alpha value is -1.07. The maximum absolute atomic E-state index is 11.5. The van der Waals surface area contributed by atoms with Gasteiger partial charge in [0.15, 0.2) is 0 Å². The summed E-state index contributed by atoms with van der Waals surface area (Å²) >= 11 is 3.35. The topological polar surface area (TPSA) is 61.4 Å². The predicted molar refractivity (Wildman–Crippen MR) is 72.2 cm³/mol. The highest BCUT2D eigenvalue weighted by Gasteiger charge is 2.05. The number of nitrogens with one attached hydrogen (secondary N) is 2. The fourth-order valence-electron chi connectivity index (χ4n) is 1.29. The first-order valence-electron chi connectivity index (χ1n) is 5.48. The minimum atomic E-state index is -0.400. The largest absolute Gasteiger partial charge is 0.393 e. The van der Waals surface area contributed by atoms with Gasteiger partial charge < -0.3 is 15.7 Å². The molecule has 94 valence electrons. The van der Waals surface area contributed by atoms with Crippen LogP contribution < -0.4 is 10.6 Å². The summed E-state index contributed by atoms with van der Waals surface area (Å²) in [6.07, 6.45) is 0.146. The summed E-state index contributed by atoms with van der Waals surface area (Å²) in [7, 11) is 0. The normalized spacial score (nSPS) is 12.0. The number of amides is 2. The van der Waals surface area contributed by atoms with Crippen LogP contribution in [-0.2, 0) is 0 Å². The van der Waals surface area contributed by atoms with Crippen molar-refractivity contribution in [2.75, 3.05) is 11.9 Å². The minimum Gasteiger partial charge on any atom is -0.393 e. The number of aliphatic hydroxyl groups excluding tert-OH is 1. The molecule has 1 unspecified atom stereocenters. The quantitative estimate of drug-likeness (QED) is 0.800. The van der Waals surface area contributed by atoms with E-state index < -0.39 is 6.10 Å². The van der Waals surface area contributed by atoms with Crippen molar-refractivity contribution in [2.24, 2.45) is 0 Å². The van der Waals surface area contributed by atoms with Crippen LogP contribution >= 0.6 is 15.9 Å². The van der Waals surface area contributed by atoms with Crippen LogP contribution in [0.5, 0.6) is 0 Å². The third-order valence-electron chi connectivity index (χ3n) is 2.30. The number of carbonyl (C=O) groups excluding carboxylic acids is 1. The maximum atomic E-state index is 11.5. The van der Waals surface area contributed by atoms with Crippen molar-refractivity contribution in [1.82, 2.24) is 5.32 Å². The molecule has 17 heavy (non-hydrogen) atoms. The highest BCUT2D eigenvalue weighted by atomic mass is 79.9. The summed E-state index contributed by atoms with van der Waals surface area (Å²) in [5, 5.41) is 14.5. The van der Waals surface area contributed by atoms with Gasteiger partial charge in [-0.05, 0) is 38.0 Å². The second-order valence-corrected chi connectivity index (χ2v) is 4.89. The van der Waals surface area contributed by atoms with Crippen molar-refractivity contribution in [3.63, 3.8) is 0 Å². The lowest BCUT2D eigenvalue weighted by Crippen LogP contribution is -2.31. The van der Waals surface area contributed by atoms with E-state index >= 15 is 0 Å². The number of hydrogen-bond acceptors (Lipinski definition) is 2. The molecule has 1 aromatic rings. The fraction of sp³-hybridized carbons (Fsp3) is 0.417. The summed E-state index contributed by atoms with van der Waals surface area (Å²) in [5.74, 6) is 0. The van der Waals surface area contributed by atoms with E-state index in [-0.39, 0.29) is 6.03 Å². The average Bonchev–Trinajstić information content (AvgIpc) is 2.23. The van der Waals surface area contributed by atoms with Crippen LogP contribution in [0.2, 0.25) is 0 Å². The standard InChI is InChI=1S/C12H17BrN2O2/c1-8-3-4-10(13)7-11(8)15-12(17)14-6-5-9(2)16/h3-4,7,9,16H,5-6H2,1-2H3,(H2,14,15,17). The summed E-state index contributed by atoms with van der Waals surface area (Å²) in [4.78, 5) is 11.5. The molecular weight excluding hydrogens is 284 g/mol. The van der Waals surface area contributed by atoms with Crippen molar-refractivity contribution < 1.29 is 9.90 Å². The van der Waals surface area contributed by atoms with Gasteiger partial charge in [0.1, 0.15) is 0 Å². The van der Waals surface area contributed by atoms with Crippen molar-refractivity contribution in [3.8, 4) is 0 Å². The number of halogens is 1. The van der Waals surface area contributed by atoms with Gasteiger partial charge in [0.25, 0.3) is 0 Å². The maximum Gasteiger partial charge on any atom is 0.319 e. The first-order chi connectivity index (χ1) is 7.99. The molecule has 0 aliphatic carbocycles. The smallest absolute Gasteiger partial charge is 0.319 e. The fourth-order valence-corrected chi connectivity index (χ4v) is 1.65. The van der Waals surface area contributed by atoms with E-state index in [1.54, 1.807) is 6.92 Å². The van der Waals surface area contributed by atoms with E-state index in [1.807, 2.05) is 25.1 Å². The SMILES string of the molecule is Cc1ccc(Br)cc1NC(=O)NCCC(C)O. The Labute approximate surface area is 110 Å². The summed E-state index contributed by atoms with van der Waals surface area (Å²) in [6.45, 7) is 4.08. The van der Waals surface area contributed by atoms with Gasteiger partial charge >= 0.3 is 6.03 Å². The minimum absolute atomic E-state index is 0.258. The molecule has 4 nitrogen and oxygen atoms in total. The van der Waals surface area contributed by atoms with Gasteiger partial charge in [-0.2, -0.15) is 0 Å². The Morgan fingerprint density at radius 1 is 1.53 bits per heavy atom. The van der Waals surface area contributed by atoms with Gasteiger partial charge in [-0.25, -0.2) is 4.79 Å². The van der Waals surface area contributed by atoms with Crippen molar-refractivity contribution in [3.05, 3.63) is 28.2 Å². The molecule has 1 atom stereocenters. The molecule has 0 aliphatic rings. The molecule has 1 aromatic carbocycles. The molecule has 0 fully saturated rings. The average molecular weight is 301 g/mol. The number of benzene rings is 1. The van der Waals surface area contributed by atoms with Gasteiger partial charge in [-0.15, -0.1) is 0 Å². The zero-order chi connectivity index (χ0) is 12.8. The zero-order valence-corrected chi connectivity index (χ0v) is 11.5. The predicted octanol–water partition coefficient (Wildman–Crippen LogP) is 2.65. The number of aliphatic hydroxyl groups is 1. The Bertz CT molecular complexity index is 394. The molecule has 0 aromatic heterocycles. The number of urea groups is 1. The molecule has 0 spiro atoms. The van der Waals surface area contributed by atoms with Gasteiger partial charge in [0.2, 0.25) is 0 Å². The Morgan fingerprint density at radius 2 is 2.24 bits per heavy atom. The molecule has 5 heteroatoms. The van der Waals surface area contributed by atoms with Gasteiger partial charge in [-0.3, -0.25) is 0 Å². The van der Waals surface area contributed by atoms with Gasteiger partial charge in [-0.1, -0.05) is 22.0 Å². The lowest BCUT2D eigenvalue weighted by atomic mass is 10.2. The van der Waals surface area contributed by atoms with Crippen LogP contribution in [0.25, 0.3) is 0 Å². The molecule has 0 aliphatic heterocycles. The highest BCUT2D eigenvalue weighted by molar-refractivity contribution is 9.10. The van der Waals surface area contributed by atoms with E-state index in [2.05, 4.69) is 26.6 Å². The van der Waals surface area contributed by atoms with E-state index in [9.17, 15) is 4.79 Å². The molecular formula is C12H17BrN2O2. The molecule has 0 heterocycles. The van der Waals surface area contributed by atoms with Crippen molar-refractivity contribution in [1.29, 1.82) is 0 Å². The van der Waals surface area contributed by atoms with Gasteiger partial charge in [0.05, 0.1) is 6.10 Å². The third kappa shape index (κ3) is 5.19. The van der Waals surface area contributed by atoms with Crippen LogP contribution in [0, 0.1) is 6.92 Å². The second kappa shape index (κ2) is 6.61. The molecule has 1 rings (SSSR count). The molecule has 2 amide bonds. The van der Waals surface area contributed by atoms with E-state index in [4.69, 9.17) is 5.11 Å². The number of rotatable bonds is 4. The van der Waals surface area contributed by atoms with Crippen LogP contribution in [0.1, 0.15) is 18.9 Å². The van der Waals surface area contributed by atoms with E-state index in [0.717, 1.165) is 15.7 Å². The number of anilines is 1. The Balaban J connectivity index is 2.47. The summed E-state index contributed by atoms with van der Waals surface area (Å²) < 4.78 is 0.919. The second-order valence-electron chi connectivity index (χ2n) is 3.98. The van der Waals surface area contributed by atoms with Crippen LogP contribution in [-0.4, -0.2) is 23.8 Å². The Kier molecular flexibility index (Phi) is 5.44. The van der Waals surface area contributed by atoms with E-state index in [0.29, 0.717) is 13.0 Å². The van der Waals surface area contributed by atoms with Crippen molar-refractivity contribution >= 4 is 27.6 Å². The number of carbonyl (C=O) groups is 1. The number of hydrogen-bond donors (Lipinski definition) is 3. The molecule has 0 radical (unpaired) electrons. The van der Waals surface area contributed by atoms with Crippen LogP contribution in [0.15, 0.2) is 22.7 Å². The molecule has 0 saturated carbocycles.